The summed E-state index contributed by atoms with van der Waals surface area (Å²) in [6.07, 6.45) is 3.36. The van der Waals surface area contributed by atoms with Gasteiger partial charge in [-0.05, 0) is 12.1 Å². The molecule has 3 rings (SSSR count). The summed E-state index contributed by atoms with van der Waals surface area (Å²) in [5.74, 6) is 0.779. The van der Waals surface area contributed by atoms with Gasteiger partial charge < -0.3 is 10.5 Å². The van der Waals surface area contributed by atoms with Gasteiger partial charge in [-0.2, -0.15) is 0 Å². The van der Waals surface area contributed by atoms with E-state index in [-0.39, 0.29) is 6.04 Å². The first-order valence-electron chi connectivity index (χ1n) is 6.39. The van der Waals surface area contributed by atoms with Gasteiger partial charge in [0.1, 0.15) is 5.75 Å². The maximum absolute atomic E-state index is 6.41. The number of nitrogens with two attached hydrogens (primary N) is 1. The average Bonchev–Trinajstić information content (AvgIpc) is 2.53. The highest BCUT2D eigenvalue weighted by molar-refractivity contribution is 5.78. The summed E-state index contributed by atoms with van der Waals surface area (Å²) in [5.41, 5.74) is 9.96. The number of ether oxygens (including phenoxy) is 1. The third-order valence-corrected chi connectivity index (χ3v) is 3.34. The molecule has 2 aromatic carbocycles. The smallest absolute Gasteiger partial charge is 0.123 e. The average molecular weight is 265 g/mol. The third kappa shape index (κ3) is 2.10. The fraction of sp³-hybridized carbons (Fsp3) is 0.125. The molecular weight excluding hydrogens is 250 g/mol. The molecule has 0 fully saturated rings. The van der Waals surface area contributed by atoms with E-state index in [1.807, 2.05) is 42.5 Å². The van der Waals surface area contributed by atoms with Gasteiger partial charge in [0.2, 0.25) is 0 Å². The molecule has 3 aromatic rings. The molecule has 1 heterocycles. The zero-order valence-corrected chi connectivity index (χ0v) is 11.2. The Bertz CT molecular complexity index is 737. The second-order valence-corrected chi connectivity index (χ2v) is 4.49. The summed E-state index contributed by atoms with van der Waals surface area (Å²) in [6, 6.07) is 13.3. The predicted octanol–water partition coefficient (Wildman–Crippen LogP) is 2.69. The maximum atomic E-state index is 6.41. The van der Waals surface area contributed by atoms with Gasteiger partial charge in [-0.25, -0.2) is 0 Å². The zero-order chi connectivity index (χ0) is 13.9. The largest absolute Gasteiger partial charge is 0.496 e. The maximum Gasteiger partial charge on any atom is 0.123 e. The molecule has 20 heavy (non-hydrogen) atoms. The Labute approximate surface area is 117 Å². The van der Waals surface area contributed by atoms with Crippen LogP contribution in [0.5, 0.6) is 5.75 Å². The molecule has 0 radical (unpaired) electrons. The van der Waals surface area contributed by atoms with E-state index in [0.717, 1.165) is 27.9 Å². The van der Waals surface area contributed by atoms with Crippen molar-refractivity contribution in [3.05, 3.63) is 66.0 Å². The van der Waals surface area contributed by atoms with Crippen molar-refractivity contribution in [1.82, 2.24) is 9.97 Å². The summed E-state index contributed by atoms with van der Waals surface area (Å²) in [5, 5.41) is 0. The summed E-state index contributed by atoms with van der Waals surface area (Å²) < 4.78 is 5.38. The van der Waals surface area contributed by atoms with Crippen LogP contribution >= 0.6 is 0 Å². The van der Waals surface area contributed by atoms with Crippen molar-refractivity contribution in [3.8, 4) is 5.75 Å². The molecule has 1 atom stereocenters. The fourth-order valence-electron chi connectivity index (χ4n) is 2.36. The molecule has 0 aliphatic heterocycles. The lowest BCUT2D eigenvalue weighted by Gasteiger charge is -2.17. The van der Waals surface area contributed by atoms with Crippen molar-refractivity contribution in [1.29, 1.82) is 0 Å². The molecule has 0 bridgehead atoms. The number of aromatic nitrogens is 2. The van der Waals surface area contributed by atoms with Crippen LogP contribution in [0.4, 0.5) is 0 Å². The Hall–Kier alpha value is -2.46. The van der Waals surface area contributed by atoms with E-state index in [0.29, 0.717) is 0 Å². The van der Waals surface area contributed by atoms with E-state index >= 15 is 0 Å². The van der Waals surface area contributed by atoms with E-state index < -0.39 is 0 Å². The molecule has 0 saturated carbocycles. The minimum Gasteiger partial charge on any atom is -0.496 e. The van der Waals surface area contributed by atoms with Gasteiger partial charge in [-0.15, -0.1) is 0 Å². The van der Waals surface area contributed by atoms with Gasteiger partial charge in [0.15, 0.2) is 0 Å². The van der Waals surface area contributed by atoms with Crippen LogP contribution in [0.1, 0.15) is 17.2 Å². The molecule has 1 unspecified atom stereocenters. The Morgan fingerprint density at radius 2 is 1.70 bits per heavy atom. The Morgan fingerprint density at radius 1 is 0.950 bits per heavy atom. The SMILES string of the molecule is COc1ccccc1C(N)c1cccc2nccnc12. The first-order valence-corrected chi connectivity index (χ1v) is 6.39. The van der Waals surface area contributed by atoms with Gasteiger partial charge in [0, 0.05) is 23.5 Å². The van der Waals surface area contributed by atoms with E-state index in [9.17, 15) is 0 Å². The van der Waals surface area contributed by atoms with Crippen LogP contribution in [0.2, 0.25) is 0 Å². The minimum atomic E-state index is -0.299. The standard InChI is InChI=1S/C16H15N3O/c1-20-14-8-3-2-5-11(14)15(17)12-6-4-7-13-16(12)19-10-9-18-13/h2-10,15H,17H2,1H3. The number of hydrogen-bond acceptors (Lipinski definition) is 4. The van der Waals surface area contributed by atoms with E-state index in [1.165, 1.54) is 0 Å². The molecular formula is C16H15N3O. The Balaban J connectivity index is 2.15. The lowest BCUT2D eigenvalue weighted by molar-refractivity contribution is 0.408. The van der Waals surface area contributed by atoms with Gasteiger partial charge in [-0.3, -0.25) is 9.97 Å². The molecule has 0 aliphatic rings. The zero-order valence-electron chi connectivity index (χ0n) is 11.2. The minimum absolute atomic E-state index is 0.299. The topological polar surface area (TPSA) is 61.0 Å². The van der Waals surface area contributed by atoms with Crippen molar-refractivity contribution in [2.45, 2.75) is 6.04 Å². The van der Waals surface area contributed by atoms with Crippen LogP contribution in [0.15, 0.2) is 54.9 Å². The van der Waals surface area contributed by atoms with E-state index in [4.69, 9.17) is 10.5 Å². The molecule has 4 nitrogen and oxygen atoms in total. The third-order valence-electron chi connectivity index (χ3n) is 3.34. The Morgan fingerprint density at radius 3 is 2.55 bits per heavy atom. The number of benzene rings is 2. The van der Waals surface area contributed by atoms with Crippen molar-refractivity contribution in [2.24, 2.45) is 5.73 Å². The normalized spacial score (nSPS) is 12.3. The van der Waals surface area contributed by atoms with Crippen LogP contribution in [0, 0.1) is 0 Å². The van der Waals surface area contributed by atoms with Gasteiger partial charge in [0.25, 0.3) is 0 Å². The first-order chi connectivity index (χ1) is 9.81. The number of fused-ring (bicyclic) bond motifs is 1. The lowest BCUT2D eigenvalue weighted by Crippen LogP contribution is -2.14. The second-order valence-electron chi connectivity index (χ2n) is 4.49. The number of methoxy groups -OCH3 is 1. The number of hydrogen-bond donors (Lipinski definition) is 1. The molecule has 100 valence electrons. The van der Waals surface area contributed by atoms with Crippen molar-refractivity contribution in [3.63, 3.8) is 0 Å². The van der Waals surface area contributed by atoms with Crippen molar-refractivity contribution < 1.29 is 4.74 Å². The van der Waals surface area contributed by atoms with Crippen LogP contribution in [0.25, 0.3) is 11.0 Å². The van der Waals surface area contributed by atoms with Gasteiger partial charge in [0.05, 0.1) is 24.2 Å². The van der Waals surface area contributed by atoms with Crippen molar-refractivity contribution in [2.75, 3.05) is 7.11 Å². The number of rotatable bonds is 3. The lowest BCUT2D eigenvalue weighted by atomic mass is 9.97. The van der Waals surface area contributed by atoms with Crippen molar-refractivity contribution >= 4 is 11.0 Å². The van der Waals surface area contributed by atoms with Crippen LogP contribution in [-0.4, -0.2) is 17.1 Å². The van der Waals surface area contributed by atoms with Crippen LogP contribution < -0.4 is 10.5 Å². The van der Waals surface area contributed by atoms with Gasteiger partial charge >= 0.3 is 0 Å². The highest BCUT2D eigenvalue weighted by Gasteiger charge is 2.16. The molecule has 0 saturated heterocycles. The van der Waals surface area contributed by atoms with Gasteiger partial charge in [-0.1, -0.05) is 30.3 Å². The number of para-hydroxylation sites is 2. The molecule has 1 aromatic heterocycles. The number of nitrogens with zero attached hydrogens (tertiary/aromatic N) is 2. The predicted molar refractivity (Wildman–Crippen MR) is 78.6 cm³/mol. The monoisotopic (exact) mass is 265 g/mol. The first kappa shape index (κ1) is 12.6. The second kappa shape index (κ2) is 5.27. The molecule has 4 heteroatoms. The summed E-state index contributed by atoms with van der Waals surface area (Å²) in [4.78, 5) is 8.71. The summed E-state index contributed by atoms with van der Waals surface area (Å²) in [7, 11) is 1.65. The fourth-order valence-corrected chi connectivity index (χ4v) is 2.36. The van der Waals surface area contributed by atoms with Crippen LogP contribution in [-0.2, 0) is 0 Å². The summed E-state index contributed by atoms with van der Waals surface area (Å²) >= 11 is 0. The molecule has 0 aliphatic carbocycles. The highest BCUT2D eigenvalue weighted by atomic mass is 16.5. The molecule has 2 N–H and O–H groups in total. The quantitative estimate of drug-likeness (QED) is 0.791. The molecule has 0 amide bonds. The van der Waals surface area contributed by atoms with E-state index in [1.54, 1.807) is 19.5 Å². The Kier molecular flexibility index (Phi) is 3.31. The summed E-state index contributed by atoms with van der Waals surface area (Å²) in [6.45, 7) is 0. The van der Waals surface area contributed by atoms with E-state index in [2.05, 4.69) is 9.97 Å². The highest BCUT2D eigenvalue weighted by Crippen LogP contribution is 2.30. The molecule has 0 spiro atoms. The van der Waals surface area contributed by atoms with Crippen LogP contribution in [0.3, 0.4) is 0 Å².